The molecule has 3 heteroatoms. The molecular formula is C18H25NO2. The van der Waals surface area contributed by atoms with Gasteiger partial charge in [0.2, 0.25) is 5.91 Å². The summed E-state index contributed by atoms with van der Waals surface area (Å²) in [6.45, 7) is 5.80. The van der Waals surface area contributed by atoms with Crippen molar-refractivity contribution in [2.45, 2.75) is 33.1 Å². The van der Waals surface area contributed by atoms with E-state index in [1.54, 1.807) is 6.08 Å². The number of benzene rings is 1. The lowest BCUT2D eigenvalue weighted by molar-refractivity contribution is -0.128. The summed E-state index contributed by atoms with van der Waals surface area (Å²) in [6.07, 6.45) is 4.49. The van der Waals surface area contributed by atoms with E-state index < -0.39 is 0 Å². The van der Waals surface area contributed by atoms with Gasteiger partial charge in [-0.05, 0) is 42.7 Å². The van der Waals surface area contributed by atoms with Gasteiger partial charge in [-0.25, -0.2) is 0 Å². The first-order valence-electron chi connectivity index (χ1n) is 7.74. The number of likely N-dealkylation sites (tertiary alicyclic amines) is 1. The fourth-order valence-electron chi connectivity index (χ4n) is 2.89. The molecule has 1 amide bonds. The highest BCUT2D eigenvalue weighted by Crippen LogP contribution is 2.34. The van der Waals surface area contributed by atoms with Gasteiger partial charge in [0, 0.05) is 25.8 Å². The Bertz CT molecular complexity index is 493. The van der Waals surface area contributed by atoms with Crippen molar-refractivity contribution in [1.82, 2.24) is 4.90 Å². The molecule has 114 valence electrons. The number of hydrogen-bond donors (Lipinski definition) is 1. The average molecular weight is 287 g/mol. The topological polar surface area (TPSA) is 40.5 Å². The molecule has 1 aliphatic rings. The molecule has 21 heavy (non-hydrogen) atoms. The van der Waals surface area contributed by atoms with Gasteiger partial charge in [0.15, 0.2) is 0 Å². The second-order valence-corrected chi connectivity index (χ2v) is 6.03. The Morgan fingerprint density at radius 3 is 2.43 bits per heavy atom. The molecule has 2 rings (SSSR count). The van der Waals surface area contributed by atoms with Crippen LogP contribution < -0.4 is 0 Å². The van der Waals surface area contributed by atoms with Crippen LogP contribution in [0, 0.1) is 5.41 Å². The van der Waals surface area contributed by atoms with Crippen molar-refractivity contribution in [1.29, 1.82) is 0 Å². The zero-order valence-electron chi connectivity index (χ0n) is 13.0. The molecule has 0 spiro atoms. The summed E-state index contributed by atoms with van der Waals surface area (Å²) in [5.74, 6) is 0.0824. The summed E-state index contributed by atoms with van der Waals surface area (Å²) in [5, 5.41) is 9.55. The molecule has 1 aliphatic heterocycles. The number of piperidine rings is 1. The Kier molecular flexibility index (Phi) is 5.18. The monoisotopic (exact) mass is 287 g/mol. The van der Waals surface area contributed by atoms with Crippen LogP contribution in [0.15, 0.2) is 36.4 Å². The predicted octanol–water partition coefficient (Wildman–Crippen LogP) is 3.10. The number of hydrogen-bond acceptors (Lipinski definition) is 2. The zero-order valence-corrected chi connectivity index (χ0v) is 13.0. The largest absolute Gasteiger partial charge is 0.396 e. The van der Waals surface area contributed by atoms with Crippen molar-refractivity contribution in [3.63, 3.8) is 0 Å². The molecule has 0 radical (unpaired) electrons. The van der Waals surface area contributed by atoms with Crippen LogP contribution in [0.3, 0.4) is 0 Å². The van der Waals surface area contributed by atoms with E-state index in [-0.39, 0.29) is 17.9 Å². The van der Waals surface area contributed by atoms with Crippen molar-refractivity contribution >= 4 is 11.5 Å². The molecule has 1 aromatic carbocycles. The quantitative estimate of drug-likeness (QED) is 0.864. The minimum absolute atomic E-state index is 0.0228. The highest BCUT2D eigenvalue weighted by molar-refractivity contribution is 5.94. The van der Waals surface area contributed by atoms with Gasteiger partial charge in [0.05, 0.1) is 0 Å². The van der Waals surface area contributed by atoms with Crippen LogP contribution in [0.25, 0.3) is 5.57 Å². The van der Waals surface area contributed by atoms with Crippen molar-refractivity contribution in [3.05, 3.63) is 42.0 Å². The van der Waals surface area contributed by atoms with Gasteiger partial charge >= 0.3 is 0 Å². The number of rotatable bonds is 4. The fourth-order valence-corrected chi connectivity index (χ4v) is 2.89. The Morgan fingerprint density at radius 2 is 1.90 bits per heavy atom. The molecule has 0 bridgehead atoms. The fraction of sp³-hybridized carbons (Fsp3) is 0.500. The van der Waals surface area contributed by atoms with Crippen molar-refractivity contribution in [3.8, 4) is 0 Å². The summed E-state index contributed by atoms with van der Waals surface area (Å²) in [7, 11) is 0. The first-order valence-corrected chi connectivity index (χ1v) is 7.74. The number of amides is 1. The molecule has 1 saturated heterocycles. The number of nitrogens with zero attached hydrogens (tertiary/aromatic N) is 1. The maximum absolute atomic E-state index is 12.4. The van der Waals surface area contributed by atoms with Crippen molar-refractivity contribution < 1.29 is 9.90 Å². The van der Waals surface area contributed by atoms with E-state index in [9.17, 15) is 9.90 Å². The van der Waals surface area contributed by atoms with Gasteiger partial charge in [-0.3, -0.25) is 4.79 Å². The third-order valence-corrected chi connectivity index (χ3v) is 4.79. The summed E-state index contributed by atoms with van der Waals surface area (Å²) in [6, 6.07) is 9.97. The Balaban J connectivity index is 1.99. The molecule has 1 heterocycles. The predicted molar refractivity (Wildman–Crippen MR) is 85.7 cm³/mol. The van der Waals surface area contributed by atoms with E-state index >= 15 is 0 Å². The summed E-state index contributed by atoms with van der Waals surface area (Å²) >= 11 is 0. The molecule has 0 aromatic heterocycles. The normalized spacial score (nSPS) is 18.6. The molecular weight excluding hydrogens is 262 g/mol. The number of allylic oxidation sites excluding steroid dienone is 1. The molecule has 1 N–H and O–H groups in total. The standard InChI is InChI=1S/C18H25NO2/c1-3-18(14-20)9-11-19(12-10-18)17(21)13-15(2)16-7-5-4-6-8-16/h4-8,13,20H,3,9-12,14H2,1-2H3/b15-13-. The maximum Gasteiger partial charge on any atom is 0.246 e. The van der Waals surface area contributed by atoms with Crippen LogP contribution in [0.2, 0.25) is 0 Å². The lowest BCUT2D eigenvalue weighted by atomic mass is 9.77. The maximum atomic E-state index is 12.4. The second kappa shape index (κ2) is 6.90. The molecule has 3 nitrogen and oxygen atoms in total. The van der Waals surface area contributed by atoms with Crippen LogP contribution in [0.1, 0.15) is 38.7 Å². The van der Waals surface area contributed by atoms with E-state index in [4.69, 9.17) is 0 Å². The highest BCUT2D eigenvalue weighted by Gasteiger charge is 2.33. The van der Waals surface area contributed by atoms with Crippen LogP contribution in [0.5, 0.6) is 0 Å². The van der Waals surface area contributed by atoms with Crippen LogP contribution >= 0.6 is 0 Å². The van der Waals surface area contributed by atoms with Crippen LogP contribution in [-0.4, -0.2) is 35.6 Å². The van der Waals surface area contributed by atoms with Gasteiger partial charge in [0.25, 0.3) is 0 Å². The molecule has 0 saturated carbocycles. The molecule has 1 fully saturated rings. The minimum Gasteiger partial charge on any atom is -0.396 e. The van der Waals surface area contributed by atoms with Crippen LogP contribution in [0.4, 0.5) is 0 Å². The molecule has 0 aliphatic carbocycles. The Labute approximate surface area is 127 Å². The van der Waals surface area contributed by atoms with E-state index in [2.05, 4.69) is 6.92 Å². The smallest absolute Gasteiger partial charge is 0.246 e. The van der Waals surface area contributed by atoms with E-state index in [0.29, 0.717) is 0 Å². The molecule has 0 atom stereocenters. The second-order valence-electron chi connectivity index (χ2n) is 6.03. The lowest BCUT2D eigenvalue weighted by Gasteiger charge is -2.40. The lowest BCUT2D eigenvalue weighted by Crippen LogP contribution is -2.43. The van der Waals surface area contributed by atoms with E-state index in [1.165, 1.54) is 0 Å². The average Bonchev–Trinajstić information content (AvgIpc) is 2.55. The number of aliphatic hydroxyl groups excluding tert-OH is 1. The van der Waals surface area contributed by atoms with Gasteiger partial charge < -0.3 is 10.0 Å². The Hall–Kier alpha value is -1.61. The SMILES string of the molecule is CCC1(CO)CCN(C(=O)/C=C(/C)c2ccccc2)CC1. The summed E-state index contributed by atoms with van der Waals surface area (Å²) < 4.78 is 0. The van der Waals surface area contributed by atoms with Crippen molar-refractivity contribution in [2.75, 3.05) is 19.7 Å². The molecule has 1 aromatic rings. The van der Waals surface area contributed by atoms with Gasteiger partial charge in [-0.15, -0.1) is 0 Å². The highest BCUT2D eigenvalue weighted by atomic mass is 16.3. The zero-order chi connectivity index (χ0) is 15.3. The van der Waals surface area contributed by atoms with Crippen molar-refractivity contribution in [2.24, 2.45) is 5.41 Å². The number of carbonyl (C=O) groups excluding carboxylic acids is 1. The van der Waals surface area contributed by atoms with E-state index in [0.717, 1.165) is 43.5 Å². The molecule has 0 unspecified atom stereocenters. The van der Waals surface area contributed by atoms with Crippen LogP contribution in [-0.2, 0) is 4.79 Å². The van der Waals surface area contributed by atoms with Gasteiger partial charge in [-0.2, -0.15) is 0 Å². The third-order valence-electron chi connectivity index (χ3n) is 4.79. The summed E-state index contributed by atoms with van der Waals surface area (Å²) in [5.41, 5.74) is 2.10. The Morgan fingerprint density at radius 1 is 1.29 bits per heavy atom. The first kappa shape index (κ1) is 15.8. The number of carbonyl (C=O) groups is 1. The number of aliphatic hydroxyl groups is 1. The first-order chi connectivity index (χ1) is 10.1. The minimum atomic E-state index is 0.0228. The summed E-state index contributed by atoms with van der Waals surface area (Å²) in [4.78, 5) is 14.3. The van der Waals surface area contributed by atoms with Gasteiger partial charge in [-0.1, -0.05) is 37.3 Å². The van der Waals surface area contributed by atoms with Gasteiger partial charge in [0.1, 0.15) is 0 Å². The van der Waals surface area contributed by atoms with E-state index in [1.807, 2.05) is 42.2 Å². The third kappa shape index (κ3) is 3.73.